The number of nitrogens with two attached hydrogens (primary N) is 1. The van der Waals surface area contributed by atoms with E-state index in [1.165, 1.54) is 0 Å². The second kappa shape index (κ2) is 5.27. The molecule has 0 fully saturated rings. The van der Waals surface area contributed by atoms with Crippen molar-refractivity contribution < 1.29 is 4.79 Å². The van der Waals surface area contributed by atoms with Gasteiger partial charge in [0.2, 0.25) is 0 Å². The van der Waals surface area contributed by atoms with Gasteiger partial charge >= 0.3 is 0 Å². The van der Waals surface area contributed by atoms with Crippen molar-refractivity contribution in [3.05, 3.63) is 35.4 Å². The van der Waals surface area contributed by atoms with Gasteiger partial charge in [0.05, 0.1) is 4.99 Å². The van der Waals surface area contributed by atoms with E-state index in [2.05, 4.69) is 0 Å². The molecule has 1 aliphatic heterocycles. The summed E-state index contributed by atoms with van der Waals surface area (Å²) in [6.07, 6.45) is 2.50. The van der Waals surface area contributed by atoms with Gasteiger partial charge in [0.1, 0.15) is 0 Å². The van der Waals surface area contributed by atoms with Crippen LogP contribution in [0.25, 0.3) is 0 Å². The summed E-state index contributed by atoms with van der Waals surface area (Å²) < 4.78 is 0. The summed E-state index contributed by atoms with van der Waals surface area (Å²) in [5.74, 6) is 0.134. The maximum absolute atomic E-state index is 12.2. The first-order valence-corrected chi connectivity index (χ1v) is 6.25. The molecule has 0 bridgehead atoms. The van der Waals surface area contributed by atoms with Crippen LogP contribution >= 0.6 is 12.2 Å². The molecule has 90 valence electrons. The maximum atomic E-state index is 12.2. The van der Waals surface area contributed by atoms with Crippen molar-refractivity contribution in [3.63, 3.8) is 0 Å². The summed E-state index contributed by atoms with van der Waals surface area (Å²) in [5.41, 5.74) is 7.44. The largest absolute Gasteiger partial charge is 0.393 e. The zero-order valence-corrected chi connectivity index (χ0v) is 10.5. The van der Waals surface area contributed by atoms with Crippen LogP contribution < -0.4 is 5.73 Å². The molecule has 0 aromatic heterocycles. The molecule has 0 aliphatic carbocycles. The zero-order valence-electron chi connectivity index (χ0n) is 9.69. The molecule has 1 aliphatic rings. The number of hydrogen-bond acceptors (Lipinski definition) is 2. The minimum atomic E-state index is 0.134. The van der Waals surface area contributed by atoms with Gasteiger partial charge in [-0.2, -0.15) is 0 Å². The Morgan fingerprint density at radius 2 is 2.18 bits per heavy atom. The number of nitrogens with zero attached hydrogens (tertiary/aromatic N) is 1. The Labute approximate surface area is 107 Å². The minimum absolute atomic E-state index is 0.134. The van der Waals surface area contributed by atoms with Gasteiger partial charge in [-0.15, -0.1) is 0 Å². The second-order valence-corrected chi connectivity index (χ2v) is 4.79. The van der Waals surface area contributed by atoms with E-state index in [-0.39, 0.29) is 5.91 Å². The van der Waals surface area contributed by atoms with Gasteiger partial charge in [-0.25, -0.2) is 0 Å². The number of amides is 1. The smallest absolute Gasteiger partial charge is 0.254 e. The Morgan fingerprint density at radius 1 is 1.41 bits per heavy atom. The maximum Gasteiger partial charge on any atom is 0.254 e. The lowest BCUT2D eigenvalue weighted by atomic mass is 9.99. The summed E-state index contributed by atoms with van der Waals surface area (Å²) in [4.78, 5) is 14.6. The first-order chi connectivity index (χ1) is 8.18. The minimum Gasteiger partial charge on any atom is -0.393 e. The van der Waals surface area contributed by atoms with Crippen molar-refractivity contribution in [1.29, 1.82) is 0 Å². The van der Waals surface area contributed by atoms with Crippen LogP contribution in [0.1, 0.15) is 28.8 Å². The van der Waals surface area contributed by atoms with E-state index in [0.29, 0.717) is 11.4 Å². The van der Waals surface area contributed by atoms with Crippen LogP contribution in [0.3, 0.4) is 0 Å². The monoisotopic (exact) mass is 248 g/mol. The Kier molecular flexibility index (Phi) is 3.74. The van der Waals surface area contributed by atoms with Crippen molar-refractivity contribution in [1.82, 2.24) is 4.90 Å². The number of carbonyl (C=O) groups is 1. The molecule has 1 aromatic rings. The number of hydrogen-bond donors (Lipinski definition) is 1. The molecule has 0 radical (unpaired) electrons. The van der Waals surface area contributed by atoms with Gasteiger partial charge in [-0.3, -0.25) is 4.79 Å². The molecule has 1 amide bonds. The zero-order chi connectivity index (χ0) is 12.3. The fourth-order valence-electron chi connectivity index (χ4n) is 2.13. The van der Waals surface area contributed by atoms with Gasteiger partial charge in [-0.1, -0.05) is 30.4 Å². The molecule has 0 unspecified atom stereocenters. The topological polar surface area (TPSA) is 46.3 Å². The lowest BCUT2D eigenvalue weighted by Crippen LogP contribution is -2.38. The lowest BCUT2D eigenvalue weighted by Gasteiger charge is -2.28. The van der Waals surface area contributed by atoms with E-state index in [1.807, 2.05) is 29.2 Å². The molecular weight excluding hydrogens is 232 g/mol. The predicted octanol–water partition coefficient (Wildman–Crippen LogP) is 1.75. The molecule has 4 heteroatoms. The third-order valence-corrected chi connectivity index (χ3v) is 3.24. The second-order valence-electron chi connectivity index (χ2n) is 4.27. The van der Waals surface area contributed by atoms with Gasteiger partial charge in [0.25, 0.3) is 5.91 Å². The van der Waals surface area contributed by atoms with E-state index in [9.17, 15) is 4.79 Å². The summed E-state index contributed by atoms with van der Waals surface area (Å²) in [6, 6.07) is 7.82. The van der Waals surface area contributed by atoms with Gasteiger partial charge in [0.15, 0.2) is 0 Å². The number of rotatable bonds is 4. The number of fused-ring (bicyclic) bond motifs is 1. The molecule has 1 aromatic carbocycles. The molecule has 1 heterocycles. The van der Waals surface area contributed by atoms with Crippen LogP contribution in [-0.2, 0) is 6.42 Å². The normalized spacial score (nSPS) is 14.6. The molecule has 17 heavy (non-hydrogen) atoms. The van der Waals surface area contributed by atoms with Crippen LogP contribution in [0, 0.1) is 0 Å². The third-order valence-electron chi connectivity index (χ3n) is 3.04. The molecule has 0 saturated carbocycles. The summed E-state index contributed by atoms with van der Waals surface area (Å²) in [6.45, 7) is 1.54. The van der Waals surface area contributed by atoms with E-state index in [1.54, 1.807) is 0 Å². The van der Waals surface area contributed by atoms with Gasteiger partial charge in [0, 0.05) is 18.7 Å². The number of thiocarbonyl (C=S) groups is 1. The van der Waals surface area contributed by atoms with Gasteiger partial charge < -0.3 is 10.6 Å². The first-order valence-electron chi connectivity index (χ1n) is 5.84. The lowest BCUT2D eigenvalue weighted by molar-refractivity contribution is 0.0738. The van der Waals surface area contributed by atoms with E-state index < -0.39 is 0 Å². The highest BCUT2D eigenvalue weighted by atomic mass is 32.1. The summed E-state index contributed by atoms with van der Waals surface area (Å²) in [5, 5.41) is 0. The molecule has 3 nitrogen and oxygen atoms in total. The fraction of sp³-hybridized carbons (Fsp3) is 0.385. The van der Waals surface area contributed by atoms with Crippen LogP contribution in [0.15, 0.2) is 24.3 Å². The Hall–Kier alpha value is -1.42. The molecule has 2 rings (SSSR count). The molecule has 0 atom stereocenters. The highest BCUT2D eigenvalue weighted by Crippen LogP contribution is 2.18. The molecular formula is C13H16N2OS. The van der Waals surface area contributed by atoms with Crippen LogP contribution in [-0.4, -0.2) is 28.9 Å². The number of carbonyl (C=O) groups excluding carboxylic acids is 1. The SMILES string of the molecule is NC(=S)CCCN1CCc2ccccc2C1=O. The highest BCUT2D eigenvalue weighted by molar-refractivity contribution is 7.80. The van der Waals surface area contributed by atoms with E-state index >= 15 is 0 Å². The predicted molar refractivity (Wildman–Crippen MR) is 72.1 cm³/mol. The quantitative estimate of drug-likeness (QED) is 0.826. The standard InChI is InChI=1S/C13H16N2OS/c14-12(17)6-3-8-15-9-7-10-4-1-2-5-11(10)13(15)16/h1-2,4-5H,3,6-9H2,(H2,14,17). The van der Waals surface area contributed by atoms with Crippen LogP contribution in [0.5, 0.6) is 0 Å². The van der Waals surface area contributed by atoms with Crippen LogP contribution in [0.4, 0.5) is 0 Å². The number of benzene rings is 1. The Bertz CT molecular complexity index is 445. The average molecular weight is 248 g/mol. The van der Waals surface area contributed by atoms with Crippen molar-refractivity contribution in [3.8, 4) is 0 Å². The molecule has 0 saturated heterocycles. The molecule has 0 spiro atoms. The Balaban J connectivity index is 2.00. The summed E-state index contributed by atoms with van der Waals surface area (Å²) >= 11 is 4.83. The first kappa shape index (κ1) is 12.0. The van der Waals surface area contributed by atoms with E-state index in [4.69, 9.17) is 18.0 Å². The Morgan fingerprint density at radius 3 is 2.94 bits per heavy atom. The molecule has 2 N–H and O–H groups in total. The fourth-order valence-corrected chi connectivity index (χ4v) is 2.28. The van der Waals surface area contributed by atoms with Crippen LogP contribution in [0.2, 0.25) is 0 Å². The average Bonchev–Trinajstić information content (AvgIpc) is 2.32. The van der Waals surface area contributed by atoms with Crippen molar-refractivity contribution in [2.24, 2.45) is 5.73 Å². The van der Waals surface area contributed by atoms with Crippen molar-refractivity contribution >= 4 is 23.1 Å². The van der Waals surface area contributed by atoms with E-state index in [0.717, 1.165) is 37.1 Å². The highest BCUT2D eigenvalue weighted by Gasteiger charge is 2.22. The van der Waals surface area contributed by atoms with Crippen molar-refractivity contribution in [2.75, 3.05) is 13.1 Å². The third kappa shape index (κ3) is 2.82. The summed E-state index contributed by atoms with van der Waals surface area (Å²) in [7, 11) is 0. The van der Waals surface area contributed by atoms with Crippen molar-refractivity contribution in [2.45, 2.75) is 19.3 Å². The van der Waals surface area contributed by atoms with Gasteiger partial charge in [-0.05, 0) is 30.9 Å².